The van der Waals surface area contributed by atoms with E-state index in [1.165, 1.54) is 87.9 Å². The number of hydrogen-bond acceptors (Lipinski definition) is 12. The van der Waals surface area contributed by atoms with Crippen LogP contribution in [-0.2, 0) is 29.7 Å². The Morgan fingerprint density at radius 1 is 0.964 bits per heavy atom. The molecule has 1 aliphatic heterocycles. The van der Waals surface area contributed by atoms with Crippen molar-refractivity contribution < 1.29 is 38.2 Å². The summed E-state index contributed by atoms with van der Waals surface area (Å²) >= 11 is 6.18. The van der Waals surface area contributed by atoms with Crippen LogP contribution in [-0.4, -0.2) is 66.8 Å². The van der Waals surface area contributed by atoms with Gasteiger partial charge < -0.3 is 30.3 Å². The Labute approximate surface area is 335 Å². The van der Waals surface area contributed by atoms with Gasteiger partial charge >= 0.3 is 7.82 Å². The van der Waals surface area contributed by atoms with Crippen molar-refractivity contribution >= 4 is 30.8 Å². The van der Waals surface area contributed by atoms with Crippen LogP contribution in [0.1, 0.15) is 139 Å². The second-order valence-corrected chi connectivity index (χ2v) is 16.6. The minimum Gasteiger partial charge on any atom is -0.387 e. The van der Waals surface area contributed by atoms with E-state index in [-0.39, 0.29) is 24.7 Å². The number of aliphatic hydroxyl groups excluding tert-OH is 2. The lowest BCUT2D eigenvalue weighted by Crippen LogP contribution is -2.45. The monoisotopic (exact) mass is 816 g/mol. The summed E-state index contributed by atoms with van der Waals surface area (Å²) < 4.78 is 37.0. The fourth-order valence-corrected chi connectivity index (χ4v) is 8.06. The van der Waals surface area contributed by atoms with Gasteiger partial charge in [-0.05, 0) is 42.3 Å². The van der Waals surface area contributed by atoms with Gasteiger partial charge in [0, 0.05) is 5.02 Å². The normalized spacial score (nSPS) is 21.2. The van der Waals surface area contributed by atoms with Crippen LogP contribution in [0.25, 0.3) is 5.52 Å². The minimum atomic E-state index is -4.83. The van der Waals surface area contributed by atoms with Gasteiger partial charge in [0.1, 0.15) is 42.8 Å². The summed E-state index contributed by atoms with van der Waals surface area (Å²) in [4.78, 5) is 14.6. The Hall–Kier alpha value is -3.14. The van der Waals surface area contributed by atoms with Gasteiger partial charge in [0.25, 0.3) is 0 Å². The van der Waals surface area contributed by atoms with E-state index in [0.29, 0.717) is 28.1 Å². The predicted octanol–water partition coefficient (Wildman–Crippen LogP) is 8.26. The number of ether oxygens (including phenoxy) is 2. The fraction of sp³-hybridized carbons (Fsp3) is 0.650. The number of nitriles is 2. The van der Waals surface area contributed by atoms with Crippen molar-refractivity contribution in [2.24, 2.45) is 0 Å². The van der Waals surface area contributed by atoms with Gasteiger partial charge in [-0.3, -0.25) is 9.05 Å². The van der Waals surface area contributed by atoms with Crippen LogP contribution in [0, 0.1) is 22.7 Å². The van der Waals surface area contributed by atoms with Crippen LogP contribution in [0.15, 0.2) is 36.7 Å². The Bertz CT molecular complexity index is 1790. The molecule has 6 atom stereocenters. The summed E-state index contributed by atoms with van der Waals surface area (Å²) in [6, 6.07) is 11.9. The number of nitrogen functional groups attached to an aromatic ring is 1. The van der Waals surface area contributed by atoms with Crippen molar-refractivity contribution in [3.63, 3.8) is 0 Å². The number of aliphatic hydroxyl groups is 2. The molecule has 3 aromatic rings. The van der Waals surface area contributed by atoms with E-state index in [9.17, 15) is 30.2 Å². The van der Waals surface area contributed by atoms with Gasteiger partial charge in [-0.2, -0.15) is 15.6 Å². The topological polar surface area (TPSA) is 218 Å². The number of halogens is 1. The van der Waals surface area contributed by atoms with Crippen LogP contribution in [0.2, 0.25) is 5.02 Å². The average Bonchev–Trinajstić information content (AvgIpc) is 3.73. The standard InChI is InChI=1S/C40H58ClN6O8P/c1-2-3-4-5-6-7-8-9-10-11-12-13-14-15-16-17-18-33(52-25-31-21-30(24-42)22-32(41)23-31)26-53-56(50,51)54-28-40(27-43)38(49)36(48)37(55-40)34-19-20-35-39(44)45-29-46-47(34)35/h19-23,29,33,36-38,48-49H,2-18,25-26,28H2,1H3,(H,50,51)(H2,44,45,46)/t33-,36-,37-,38-,40+/m0/s1. The number of hydrogen-bond donors (Lipinski definition) is 4. The highest BCUT2D eigenvalue weighted by Crippen LogP contribution is 2.48. The van der Waals surface area contributed by atoms with Crippen molar-refractivity contribution in [1.29, 1.82) is 10.5 Å². The predicted molar refractivity (Wildman–Crippen MR) is 212 cm³/mol. The van der Waals surface area contributed by atoms with E-state index in [0.717, 1.165) is 25.7 Å². The van der Waals surface area contributed by atoms with Gasteiger partial charge in [-0.15, -0.1) is 0 Å². The molecular weight excluding hydrogens is 759 g/mol. The first-order valence-corrected chi connectivity index (χ1v) is 21.9. The summed E-state index contributed by atoms with van der Waals surface area (Å²) in [5, 5.41) is 45.7. The minimum absolute atomic E-state index is 0.0839. The summed E-state index contributed by atoms with van der Waals surface area (Å²) in [6.07, 6.45) is 16.2. The summed E-state index contributed by atoms with van der Waals surface area (Å²) in [7, 11) is -4.83. The Morgan fingerprint density at radius 2 is 1.59 bits per heavy atom. The molecule has 14 nitrogen and oxygen atoms in total. The zero-order valence-corrected chi connectivity index (χ0v) is 34.1. The highest BCUT2D eigenvalue weighted by molar-refractivity contribution is 7.47. The summed E-state index contributed by atoms with van der Waals surface area (Å²) in [5.41, 5.74) is 5.43. The van der Waals surface area contributed by atoms with E-state index in [2.05, 4.69) is 23.1 Å². The molecule has 1 unspecified atom stereocenters. The van der Waals surface area contributed by atoms with E-state index in [4.69, 9.17) is 35.9 Å². The smallest absolute Gasteiger partial charge is 0.387 e. The zero-order chi connectivity index (χ0) is 40.4. The zero-order valence-electron chi connectivity index (χ0n) is 32.4. The molecule has 0 amide bonds. The van der Waals surface area contributed by atoms with Crippen molar-refractivity contribution in [3.8, 4) is 12.1 Å². The number of aromatic nitrogens is 3. The molecule has 2 aromatic heterocycles. The van der Waals surface area contributed by atoms with Gasteiger partial charge in [0.05, 0.1) is 36.6 Å². The van der Waals surface area contributed by atoms with Crippen molar-refractivity contribution in [3.05, 3.63) is 58.5 Å². The molecule has 1 aliphatic rings. The molecule has 56 heavy (non-hydrogen) atoms. The molecule has 5 N–H and O–H groups in total. The van der Waals surface area contributed by atoms with Crippen molar-refractivity contribution in [2.45, 2.75) is 153 Å². The molecule has 4 rings (SSSR count). The van der Waals surface area contributed by atoms with Crippen LogP contribution in [0.5, 0.6) is 0 Å². The van der Waals surface area contributed by atoms with Crippen LogP contribution in [0.3, 0.4) is 0 Å². The third kappa shape index (κ3) is 13.8. The third-order valence-corrected chi connectivity index (χ3v) is 11.4. The average molecular weight is 817 g/mol. The number of rotatable bonds is 27. The quantitative estimate of drug-likeness (QED) is 0.0421. The van der Waals surface area contributed by atoms with Gasteiger partial charge in [-0.1, -0.05) is 121 Å². The number of nitrogens with zero attached hydrogens (tertiary/aromatic N) is 5. The van der Waals surface area contributed by atoms with Crippen LogP contribution >= 0.6 is 19.4 Å². The SMILES string of the molecule is CCCCCCCCCCCCCCCCCC[C@@H](COP(=O)(O)OC[C@@]1(C#N)O[C@@H](c2ccc3c(N)ncnn23)[C@H](O)[C@@H]1O)OCc1cc(Cl)cc(C#N)c1. The molecular formula is C40H58ClN6O8P. The molecule has 0 aliphatic carbocycles. The largest absolute Gasteiger partial charge is 0.472 e. The molecule has 0 saturated carbocycles. The first-order chi connectivity index (χ1) is 27.0. The second kappa shape index (κ2) is 23.3. The van der Waals surface area contributed by atoms with E-state index < -0.39 is 44.4 Å². The van der Waals surface area contributed by atoms with Crippen molar-refractivity contribution in [1.82, 2.24) is 14.6 Å². The molecule has 1 fully saturated rings. The van der Waals surface area contributed by atoms with E-state index >= 15 is 0 Å². The fourth-order valence-electron chi connectivity index (χ4n) is 7.01. The van der Waals surface area contributed by atoms with Crippen LogP contribution in [0.4, 0.5) is 5.82 Å². The number of nitrogens with two attached hydrogens (primary N) is 1. The second-order valence-electron chi connectivity index (χ2n) is 14.7. The van der Waals surface area contributed by atoms with E-state index in [1.54, 1.807) is 36.4 Å². The summed E-state index contributed by atoms with van der Waals surface area (Å²) in [5.74, 6) is 0.170. The highest BCUT2D eigenvalue weighted by Gasteiger charge is 2.57. The molecule has 1 aromatic carbocycles. The lowest BCUT2D eigenvalue weighted by molar-refractivity contribution is -0.0763. The first-order valence-electron chi connectivity index (χ1n) is 20.0. The molecule has 16 heteroatoms. The molecule has 0 spiro atoms. The Morgan fingerprint density at radius 3 is 2.20 bits per heavy atom. The van der Waals surface area contributed by atoms with Gasteiger partial charge in [-0.25, -0.2) is 14.1 Å². The lowest BCUT2D eigenvalue weighted by Gasteiger charge is -2.26. The van der Waals surface area contributed by atoms with E-state index in [1.807, 2.05) is 0 Å². The maximum atomic E-state index is 13.1. The number of unbranched alkanes of at least 4 members (excludes halogenated alkanes) is 15. The number of phosphoric ester groups is 1. The lowest BCUT2D eigenvalue weighted by atomic mass is 9.96. The number of phosphoric acid groups is 1. The first kappa shape index (κ1) is 45.6. The third-order valence-electron chi connectivity index (χ3n) is 10.3. The maximum Gasteiger partial charge on any atom is 0.472 e. The Balaban J connectivity index is 1.24. The van der Waals surface area contributed by atoms with Crippen LogP contribution < -0.4 is 5.73 Å². The molecule has 3 heterocycles. The maximum absolute atomic E-state index is 13.1. The number of fused-ring (bicyclic) bond motifs is 1. The highest BCUT2D eigenvalue weighted by atomic mass is 35.5. The number of benzene rings is 1. The van der Waals surface area contributed by atoms with Crippen molar-refractivity contribution in [2.75, 3.05) is 18.9 Å². The Kier molecular flexibility index (Phi) is 19.0. The molecule has 308 valence electrons. The molecule has 0 radical (unpaired) electrons. The summed E-state index contributed by atoms with van der Waals surface area (Å²) in [6.45, 7) is 1.13. The van der Waals surface area contributed by atoms with Gasteiger partial charge in [0.15, 0.2) is 5.82 Å². The molecule has 0 bridgehead atoms. The number of anilines is 1. The van der Waals surface area contributed by atoms with Gasteiger partial charge in [0.2, 0.25) is 5.60 Å². The molecule has 1 saturated heterocycles.